The number of rotatable bonds is 8. The Balaban J connectivity index is 1.84. The number of allylic oxidation sites excluding steroid dienone is 5. The number of esters is 1. The molecule has 0 aromatic heterocycles. The number of Topliss-reactive ketones (excluding diaryl/α,β-unsaturated/α-hetero) is 1. The number of carbonyl (C=O) groups is 2. The molecule has 2 aliphatic carbocycles. The Morgan fingerprint density at radius 1 is 1.24 bits per heavy atom. The van der Waals surface area contributed by atoms with Gasteiger partial charge in [0, 0.05) is 24.3 Å². The second-order valence-electron chi connectivity index (χ2n) is 8.47. The largest absolute Gasteiger partial charge is 0.469 e. The first-order valence-electron chi connectivity index (χ1n) is 11.5. The number of ketones is 1. The minimum Gasteiger partial charge on any atom is -0.469 e. The molecule has 2 aliphatic rings. The van der Waals surface area contributed by atoms with Gasteiger partial charge in [0.1, 0.15) is 4.91 Å². The minimum absolute atomic E-state index is 0.0541. The molecule has 1 aromatic rings. The predicted octanol–water partition coefficient (Wildman–Crippen LogP) is 3.92. The summed E-state index contributed by atoms with van der Waals surface area (Å²) in [6.07, 6.45) is 10.9. The lowest BCUT2D eigenvalue weighted by Gasteiger charge is -2.14. The van der Waals surface area contributed by atoms with Gasteiger partial charge < -0.3 is 9.84 Å². The van der Waals surface area contributed by atoms with E-state index in [0.29, 0.717) is 12.8 Å². The molecule has 180 valence electrons. The van der Waals surface area contributed by atoms with Crippen molar-refractivity contribution < 1.29 is 27.9 Å². The molecule has 3 rings (SSSR count). The van der Waals surface area contributed by atoms with Crippen LogP contribution >= 0.6 is 0 Å². The molecule has 1 N–H and O–H groups in total. The van der Waals surface area contributed by atoms with E-state index in [1.807, 2.05) is 0 Å². The average molecular weight is 483 g/mol. The first-order chi connectivity index (χ1) is 16.3. The predicted molar refractivity (Wildman–Crippen MR) is 129 cm³/mol. The molecule has 0 bridgehead atoms. The molecule has 0 saturated heterocycles. The number of hydrogen-bond donors (Lipinski definition) is 1. The third-order valence-electron chi connectivity index (χ3n) is 6.16. The molecule has 0 amide bonds. The van der Waals surface area contributed by atoms with E-state index in [4.69, 9.17) is 0 Å². The topological polar surface area (TPSA) is 97.7 Å². The van der Waals surface area contributed by atoms with Crippen LogP contribution in [0, 0.1) is 23.7 Å². The molecule has 0 heterocycles. The molecule has 0 spiro atoms. The maximum Gasteiger partial charge on any atom is 0.305 e. The van der Waals surface area contributed by atoms with Crippen molar-refractivity contribution in [2.75, 3.05) is 7.11 Å². The lowest BCUT2D eigenvalue weighted by atomic mass is 9.96. The van der Waals surface area contributed by atoms with Gasteiger partial charge in [-0.3, -0.25) is 9.59 Å². The first kappa shape index (κ1) is 25.7. The number of hydrogen-bond acceptors (Lipinski definition) is 6. The number of methoxy groups -OCH3 is 1. The SMILES string of the molecule is COC(=O)CCCC#CC=C1C(=O)C(S(=O)(=O)c2ccccc2)=CC1C=CC(O)C1CCCC1. The van der Waals surface area contributed by atoms with Gasteiger partial charge in [0.15, 0.2) is 0 Å². The van der Waals surface area contributed by atoms with E-state index in [9.17, 15) is 23.1 Å². The third kappa shape index (κ3) is 6.34. The van der Waals surface area contributed by atoms with Gasteiger partial charge in [0.25, 0.3) is 0 Å². The van der Waals surface area contributed by atoms with E-state index in [0.717, 1.165) is 25.7 Å². The fourth-order valence-corrected chi connectivity index (χ4v) is 5.65. The molecule has 2 atom stereocenters. The van der Waals surface area contributed by atoms with E-state index in [1.165, 1.54) is 31.4 Å². The molecule has 34 heavy (non-hydrogen) atoms. The monoisotopic (exact) mass is 482 g/mol. The summed E-state index contributed by atoms with van der Waals surface area (Å²) in [5.41, 5.74) is 0.254. The Morgan fingerprint density at radius 2 is 1.94 bits per heavy atom. The molecule has 1 aromatic carbocycles. The summed E-state index contributed by atoms with van der Waals surface area (Å²) in [5.74, 6) is 4.42. The lowest BCUT2D eigenvalue weighted by molar-refractivity contribution is -0.140. The zero-order valence-electron chi connectivity index (χ0n) is 19.3. The lowest BCUT2D eigenvalue weighted by Crippen LogP contribution is -2.15. The average Bonchev–Trinajstić information content (AvgIpc) is 3.49. The number of sulfone groups is 1. The number of aliphatic hydroxyl groups excluding tert-OH is 1. The van der Waals surface area contributed by atoms with Crippen LogP contribution in [-0.2, 0) is 24.2 Å². The zero-order chi connectivity index (χ0) is 24.6. The van der Waals surface area contributed by atoms with Gasteiger partial charge in [0.2, 0.25) is 15.6 Å². The molecule has 0 aliphatic heterocycles. The van der Waals surface area contributed by atoms with E-state index < -0.39 is 27.6 Å². The van der Waals surface area contributed by atoms with Gasteiger partial charge in [-0.15, -0.1) is 0 Å². The summed E-state index contributed by atoms with van der Waals surface area (Å²) in [5, 5.41) is 10.5. The van der Waals surface area contributed by atoms with Crippen LogP contribution in [0.25, 0.3) is 0 Å². The zero-order valence-corrected chi connectivity index (χ0v) is 20.1. The van der Waals surface area contributed by atoms with Crippen LogP contribution in [-0.4, -0.2) is 38.5 Å². The fourth-order valence-electron chi connectivity index (χ4n) is 4.20. The van der Waals surface area contributed by atoms with Crippen LogP contribution in [0.2, 0.25) is 0 Å². The molecule has 1 saturated carbocycles. The van der Waals surface area contributed by atoms with E-state index >= 15 is 0 Å². The maximum atomic E-state index is 13.1. The summed E-state index contributed by atoms with van der Waals surface area (Å²) >= 11 is 0. The van der Waals surface area contributed by atoms with E-state index in [-0.39, 0.29) is 33.7 Å². The summed E-state index contributed by atoms with van der Waals surface area (Å²) in [6.45, 7) is 0. The van der Waals surface area contributed by atoms with Crippen molar-refractivity contribution in [2.24, 2.45) is 11.8 Å². The first-order valence-corrected chi connectivity index (χ1v) is 13.0. The Morgan fingerprint density at radius 3 is 2.62 bits per heavy atom. The highest BCUT2D eigenvalue weighted by atomic mass is 32.2. The van der Waals surface area contributed by atoms with Crippen LogP contribution in [0.1, 0.15) is 44.9 Å². The van der Waals surface area contributed by atoms with Crippen LogP contribution < -0.4 is 0 Å². The Hall–Kier alpha value is -2.95. The standard InChI is InChI=1S/C27H30O6S/c1-33-26(29)16-8-3-2-7-15-23-21(17-18-24(28)20-11-9-10-12-20)19-25(27(23)30)34(31,32)22-13-5-4-6-14-22/h4-6,13-15,17-21,24,28H,3,8-12,16H2,1H3. The molecule has 2 unspecified atom stereocenters. The maximum absolute atomic E-state index is 13.1. The molecular formula is C27H30O6S. The van der Waals surface area contributed by atoms with Crippen molar-refractivity contribution in [1.29, 1.82) is 0 Å². The number of aliphatic hydroxyl groups is 1. The summed E-state index contributed by atoms with van der Waals surface area (Å²) < 4.78 is 30.8. The fraction of sp³-hybridized carbons (Fsp3) is 0.407. The summed E-state index contributed by atoms with van der Waals surface area (Å²) in [7, 11) is -2.66. The van der Waals surface area contributed by atoms with Gasteiger partial charge in [0.05, 0.1) is 18.1 Å². The van der Waals surface area contributed by atoms with Gasteiger partial charge >= 0.3 is 5.97 Å². The number of carbonyl (C=O) groups excluding carboxylic acids is 2. The summed E-state index contributed by atoms with van der Waals surface area (Å²) in [4.78, 5) is 24.1. The number of unbranched alkanes of at least 4 members (excludes halogenated alkanes) is 1. The molecule has 0 radical (unpaired) electrons. The Bertz CT molecular complexity index is 1140. The van der Waals surface area contributed by atoms with Gasteiger partial charge in [-0.05, 0) is 49.5 Å². The van der Waals surface area contributed by atoms with Gasteiger partial charge in [-0.25, -0.2) is 8.42 Å². The van der Waals surface area contributed by atoms with E-state index in [2.05, 4.69) is 16.6 Å². The summed E-state index contributed by atoms with van der Waals surface area (Å²) in [6, 6.07) is 7.85. The highest BCUT2D eigenvalue weighted by Gasteiger charge is 2.37. The normalized spacial score (nSPS) is 20.9. The van der Waals surface area contributed by atoms with Crippen molar-refractivity contribution in [1.82, 2.24) is 0 Å². The van der Waals surface area contributed by atoms with Crippen LogP contribution in [0.15, 0.2) is 70.0 Å². The van der Waals surface area contributed by atoms with Gasteiger partial charge in [-0.2, -0.15) is 0 Å². The van der Waals surface area contributed by atoms with Crippen molar-refractivity contribution >= 4 is 21.6 Å². The Labute approximate surface area is 201 Å². The second kappa shape index (κ2) is 12.0. The van der Waals surface area contributed by atoms with Crippen LogP contribution in [0.4, 0.5) is 0 Å². The van der Waals surface area contributed by atoms with Crippen molar-refractivity contribution in [3.63, 3.8) is 0 Å². The van der Waals surface area contributed by atoms with Crippen LogP contribution in [0.5, 0.6) is 0 Å². The molecule has 7 heteroatoms. The smallest absolute Gasteiger partial charge is 0.305 e. The third-order valence-corrected chi connectivity index (χ3v) is 7.95. The number of ether oxygens (including phenoxy) is 1. The minimum atomic E-state index is -3.98. The molecule has 1 fully saturated rings. The van der Waals surface area contributed by atoms with E-state index in [1.54, 1.807) is 30.4 Å². The number of benzene rings is 1. The van der Waals surface area contributed by atoms with Gasteiger partial charge in [-0.1, -0.05) is 55.0 Å². The Kier molecular flexibility index (Phi) is 9.03. The highest BCUT2D eigenvalue weighted by molar-refractivity contribution is 7.96. The van der Waals surface area contributed by atoms with Crippen molar-refractivity contribution in [3.05, 3.63) is 65.1 Å². The quantitative estimate of drug-likeness (QED) is 0.198. The van der Waals surface area contributed by atoms with Crippen molar-refractivity contribution in [2.45, 2.75) is 55.9 Å². The molecule has 6 nitrogen and oxygen atoms in total. The second-order valence-corrected chi connectivity index (χ2v) is 10.4. The molecular weight excluding hydrogens is 452 g/mol. The van der Waals surface area contributed by atoms with Crippen molar-refractivity contribution in [3.8, 4) is 11.8 Å². The van der Waals surface area contributed by atoms with Crippen LogP contribution in [0.3, 0.4) is 0 Å². The highest BCUT2D eigenvalue weighted by Crippen LogP contribution is 2.35.